The van der Waals surface area contributed by atoms with Crippen molar-refractivity contribution >= 4 is 34.5 Å². The molecule has 1 aromatic heterocycles. The van der Waals surface area contributed by atoms with E-state index in [0.717, 1.165) is 17.5 Å². The molecule has 3 rings (SSSR count). The molecule has 142 valence electrons. The summed E-state index contributed by atoms with van der Waals surface area (Å²) in [5, 5.41) is 3.30. The van der Waals surface area contributed by atoms with E-state index in [1.807, 2.05) is 35.8 Å². The molecule has 0 aliphatic rings. The Hall–Kier alpha value is -2.57. The maximum atomic E-state index is 12.3. The van der Waals surface area contributed by atoms with Gasteiger partial charge in [0.25, 0.3) is 5.91 Å². The molecule has 0 aliphatic carbocycles. The third-order valence-electron chi connectivity index (χ3n) is 3.98. The molecular weight excluding hydrogens is 366 g/mol. The monoisotopic (exact) mass is 387 g/mol. The zero-order chi connectivity index (χ0) is 19.1. The fraction of sp³-hybridized carbons (Fsp3) is 0.300. The summed E-state index contributed by atoms with van der Waals surface area (Å²) in [6.45, 7) is 3.87. The summed E-state index contributed by atoms with van der Waals surface area (Å²) in [6.07, 6.45) is 0.827. The molecule has 2 aromatic carbocycles. The highest BCUT2D eigenvalue weighted by Gasteiger charge is 2.14. The van der Waals surface area contributed by atoms with E-state index < -0.39 is 0 Å². The Kier molecular flexibility index (Phi) is 6.68. The number of anilines is 1. The molecule has 1 N–H and O–H groups in total. The maximum Gasteiger partial charge on any atom is 0.264 e. The molecule has 0 aliphatic heterocycles. The number of nitrogens with one attached hydrogen (secondary N) is 1. The summed E-state index contributed by atoms with van der Waals surface area (Å²) in [5.74, 6) is 0.677. The summed E-state index contributed by atoms with van der Waals surface area (Å²) >= 11 is 6.04. The molecule has 0 saturated carbocycles. The SMILES string of the molecule is CCOCCCn1c(NC(=O)COc2ccccc2Cl)nc2ccccc21. The van der Waals surface area contributed by atoms with Gasteiger partial charge in [0.15, 0.2) is 6.61 Å². The molecule has 1 heterocycles. The number of ether oxygens (including phenoxy) is 2. The average molecular weight is 388 g/mol. The van der Waals surface area contributed by atoms with Gasteiger partial charge in [-0.15, -0.1) is 0 Å². The van der Waals surface area contributed by atoms with Crippen molar-refractivity contribution in [3.63, 3.8) is 0 Å². The first kappa shape index (κ1) is 19.2. The van der Waals surface area contributed by atoms with Gasteiger partial charge in [0.05, 0.1) is 16.1 Å². The van der Waals surface area contributed by atoms with Crippen molar-refractivity contribution < 1.29 is 14.3 Å². The Morgan fingerprint density at radius 1 is 1.19 bits per heavy atom. The van der Waals surface area contributed by atoms with Gasteiger partial charge in [0, 0.05) is 19.8 Å². The Labute approximate surface area is 163 Å². The van der Waals surface area contributed by atoms with Gasteiger partial charge >= 0.3 is 0 Å². The number of amides is 1. The molecule has 0 bridgehead atoms. The fourth-order valence-corrected chi connectivity index (χ4v) is 2.92. The fourth-order valence-electron chi connectivity index (χ4n) is 2.73. The van der Waals surface area contributed by atoms with Crippen LogP contribution in [0.25, 0.3) is 11.0 Å². The van der Waals surface area contributed by atoms with Crippen LogP contribution in [0.5, 0.6) is 5.75 Å². The van der Waals surface area contributed by atoms with Gasteiger partial charge in [-0.3, -0.25) is 10.1 Å². The number of nitrogens with zero attached hydrogens (tertiary/aromatic N) is 2. The van der Waals surface area contributed by atoms with Crippen LogP contribution in [0.3, 0.4) is 0 Å². The standard InChI is InChI=1S/C20H22ClN3O3/c1-2-26-13-7-12-24-17-10-5-4-9-16(17)22-20(24)23-19(25)14-27-18-11-6-3-8-15(18)21/h3-6,8-11H,2,7,12-14H2,1H3,(H,22,23,25). The summed E-state index contributed by atoms with van der Waals surface area (Å²) in [7, 11) is 0. The van der Waals surface area contributed by atoms with E-state index in [-0.39, 0.29) is 12.5 Å². The number of hydrogen-bond acceptors (Lipinski definition) is 4. The Morgan fingerprint density at radius 2 is 1.96 bits per heavy atom. The van der Waals surface area contributed by atoms with Crippen molar-refractivity contribution in [2.45, 2.75) is 19.9 Å². The first-order chi connectivity index (χ1) is 13.2. The minimum Gasteiger partial charge on any atom is -0.482 e. The maximum absolute atomic E-state index is 12.3. The highest BCUT2D eigenvalue weighted by atomic mass is 35.5. The number of aryl methyl sites for hydroxylation is 1. The lowest BCUT2D eigenvalue weighted by molar-refractivity contribution is -0.118. The highest BCUT2D eigenvalue weighted by Crippen LogP contribution is 2.23. The predicted molar refractivity (Wildman–Crippen MR) is 106 cm³/mol. The molecule has 3 aromatic rings. The molecule has 27 heavy (non-hydrogen) atoms. The van der Waals surface area contributed by atoms with Crippen molar-refractivity contribution in [2.24, 2.45) is 0 Å². The number of para-hydroxylation sites is 3. The van der Waals surface area contributed by atoms with Crippen molar-refractivity contribution in [3.8, 4) is 5.75 Å². The normalized spacial score (nSPS) is 10.9. The number of carbonyl (C=O) groups excluding carboxylic acids is 1. The van der Waals surface area contributed by atoms with E-state index in [1.165, 1.54) is 0 Å². The van der Waals surface area contributed by atoms with E-state index in [9.17, 15) is 4.79 Å². The van der Waals surface area contributed by atoms with Crippen LogP contribution in [0, 0.1) is 0 Å². The smallest absolute Gasteiger partial charge is 0.264 e. The predicted octanol–water partition coefficient (Wildman–Crippen LogP) is 4.13. The third-order valence-corrected chi connectivity index (χ3v) is 4.29. The van der Waals surface area contributed by atoms with Gasteiger partial charge in [-0.05, 0) is 37.6 Å². The average Bonchev–Trinajstić information content (AvgIpc) is 3.01. The Morgan fingerprint density at radius 3 is 2.78 bits per heavy atom. The molecule has 1 amide bonds. The van der Waals surface area contributed by atoms with Gasteiger partial charge in [0.1, 0.15) is 5.75 Å². The molecule has 0 unspecified atom stereocenters. The summed E-state index contributed by atoms with van der Waals surface area (Å²) < 4.78 is 12.9. The quantitative estimate of drug-likeness (QED) is 0.560. The first-order valence-electron chi connectivity index (χ1n) is 8.89. The number of rotatable bonds is 9. The molecule has 7 heteroatoms. The van der Waals surface area contributed by atoms with Gasteiger partial charge in [-0.1, -0.05) is 35.9 Å². The zero-order valence-electron chi connectivity index (χ0n) is 15.2. The molecule has 0 radical (unpaired) electrons. The molecule has 0 fully saturated rings. The minimum atomic E-state index is -0.295. The highest BCUT2D eigenvalue weighted by molar-refractivity contribution is 6.32. The van der Waals surface area contributed by atoms with Crippen LogP contribution in [-0.4, -0.2) is 35.3 Å². The number of benzene rings is 2. The number of halogens is 1. The van der Waals surface area contributed by atoms with Gasteiger partial charge in [-0.25, -0.2) is 4.98 Å². The lowest BCUT2D eigenvalue weighted by Crippen LogP contribution is -2.22. The lowest BCUT2D eigenvalue weighted by Gasteiger charge is -2.11. The minimum absolute atomic E-state index is 0.147. The van der Waals surface area contributed by atoms with Crippen LogP contribution in [0.2, 0.25) is 5.02 Å². The summed E-state index contributed by atoms with van der Waals surface area (Å²) in [5.41, 5.74) is 1.80. The molecular formula is C20H22ClN3O3. The Balaban J connectivity index is 1.69. The topological polar surface area (TPSA) is 65.4 Å². The van der Waals surface area contributed by atoms with Crippen molar-refractivity contribution in [1.29, 1.82) is 0 Å². The molecule has 6 nitrogen and oxygen atoms in total. The van der Waals surface area contributed by atoms with E-state index in [0.29, 0.717) is 36.5 Å². The zero-order valence-corrected chi connectivity index (χ0v) is 15.9. The molecule has 0 saturated heterocycles. The summed E-state index contributed by atoms with van der Waals surface area (Å²) in [6, 6.07) is 14.8. The van der Waals surface area contributed by atoms with Crippen molar-refractivity contribution in [1.82, 2.24) is 9.55 Å². The van der Waals surface area contributed by atoms with Crippen molar-refractivity contribution in [2.75, 3.05) is 25.1 Å². The first-order valence-corrected chi connectivity index (χ1v) is 9.27. The second kappa shape index (κ2) is 9.39. The number of carbonyl (C=O) groups is 1. The summed E-state index contributed by atoms with van der Waals surface area (Å²) in [4.78, 5) is 16.9. The second-order valence-corrected chi connectivity index (χ2v) is 6.30. The van der Waals surface area contributed by atoms with E-state index >= 15 is 0 Å². The van der Waals surface area contributed by atoms with E-state index in [4.69, 9.17) is 21.1 Å². The van der Waals surface area contributed by atoms with Crippen LogP contribution in [0.4, 0.5) is 5.95 Å². The van der Waals surface area contributed by atoms with Crippen LogP contribution in [0.15, 0.2) is 48.5 Å². The van der Waals surface area contributed by atoms with Crippen LogP contribution in [-0.2, 0) is 16.1 Å². The number of hydrogen-bond donors (Lipinski definition) is 1. The van der Waals surface area contributed by atoms with E-state index in [2.05, 4.69) is 10.3 Å². The second-order valence-electron chi connectivity index (χ2n) is 5.89. The van der Waals surface area contributed by atoms with Crippen LogP contribution < -0.4 is 10.1 Å². The van der Waals surface area contributed by atoms with Crippen molar-refractivity contribution in [3.05, 3.63) is 53.6 Å². The largest absolute Gasteiger partial charge is 0.482 e. The van der Waals surface area contributed by atoms with Gasteiger partial charge in [0.2, 0.25) is 5.95 Å². The van der Waals surface area contributed by atoms with Gasteiger partial charge in [-0.2, -0.15) is 0 Å². The lowest BCUT2D eigenvalue weighted by atomic mass is 10.3. The number of aromatic nitrogens is 2. The Bertz CT molecular complexity index is 910. The molecule has 0 atom stereocenters. The van der Waals surface area contributed by atoms with Gasteiger partial charge < -0.3 is 14.0 Å². The number of imidazole rings is 1. The number of fused-ring (bicyclic) bond motifs is 1. The van der Waals surface area contributed by atoms with Crippen LogP contribution >= 0.6 is 11.6 Å². The third kappa shape index (κ3) is 4.99. The molecule has 0 spiro atoms. The van der Waals surface area contributed by atoms with Crippen LogP contribution in [0.1, 0.15) is 13.3 Å². The van der Waals surface area contributed by atoms with E-state index in [1.54, 1.807) is 24.3 Å².